The third-order valence-electron chi connectivity index (χ3n) is 4.31. The number of carbonyl (C=O) groups excluding carboxylic acids is 2. The van der Waals surface area contributed by atoms with Gasteiger partial charge in [-0.1, -0.05) is 0 Å². The Balaban J connectivity index is 0.000000166. The van der Waals surface area contributed by atoms with Crippen molar-refractivity contribution >= 4 is 12.6 Å². The summed E-state index contributed by atoms with van der Waals surface area (Å²) in [5.41, 5.74) is 2.23. The zero-order valence-electron chi connectivity index (χ0n) is 16.5. The SMILES string of the molecule is COc1cc(C=O)ccc1OCC1CO1.Cc1cc(C=O)ccc1OCC1CO1. The standard InChI is InChI=1S/C11H12O4.C11H12O3/c1-13-11-4-8(5-12)2-3-10(11)15-7-9-6-14-9;1-8-4-9(5-12)2-3-11(8)14-7-10-6-13-10/h2-5,9H,6-7H2,1H3;2-5,10H,6-7H2,1H3. The molecule has 2 heterocycles. The largest absolute Gasteiger partial charge is 0.493 e. The topological polar surface area (TPSA) is 86.9 Å². The highest BCUT2D eigenvalue weighted by Crippen LogP contribution is 2.28. The van der Waals surface area contributed by atoms with Crippen LogP contribution in [0.1, 0.15) is 26.3 Å². The minimum Gasteiger partial charge on any atom is -0.493 e. The van der Waals surface area contributed by atoms with Gasteiger partial charge in [0.05, 0.1) is 20.3 Å². The van der Waals surface area contributed by atoms with Crippen molar-refractivity contribution in [2.75, 3.05) is 33.5 Å². The summed E-state index contributed by atoms with van der Waals surface area (Å²) in [4.78, 5) is 21.0. The van der Waals surface area contributed by atoms with E-state index in [0.29, 0.717) is 35.8 Å². The lowest BCUT2D eigenvalue weighted by molar-refractivity contribution is 0.111. The van der Waals surface area contributed by atoms with Crippen LogP contribution in [0, 0.1) is 6.92 Å². The van der Waals surface area contributed by atoms with E-state index in [2.05, 4.69) is 0 Å². The van der Waals surface area contributed by atoms with Crippen molar-refractivity contribution in [2.24, 2.45) is 0 Å². The van der Waals surface area contributed by atoms with Crippen LogP contribution in [0.15, 0.2) is 36.4 Å². The van der Waals surface area contributed by atoms with Crippen LogP contribution in [0.4, 0.5) is 0 Å². The van der Waals surface area contributed by atoms with Crippen LogP contribution < -0.4 is 14.2 Å². The molecule has 0 spiro atoms. The third kappa shape index (κ3) is 6.58. The van der Waals surface area contributed by atoms with Gasteiger partial charge in [-0.05, 0) is 48.9 Å². The summed E-state index contributed by atoms with van der Waals surface area (Å²) >= 11 is 0. The maximum Gasteiger partial charge on any atom is 0.161 e. The van der Waals surface area contributed by atoms with Crippen molar-refractivity contribution < 1.29 is 33.3 Å². The number of aldehydes is 2. The fraction of sp³-hybridized carbons (Fsp3) is 0.364. The van der Waals surface area contributed by atoms with Gasteiger partial charge in [0.15, 0.2) is 11.5 Å². The van der Waals surface area contributed by atoms with Gasteiger partial charge in [-0.3, -0.25) is 9.59 Å². The molecule has 2 aromatic carbocycles. The van der Waals surface area contributed by atoms with Crippen LogP contribution in [0.5, 0.6) is 17.2 Å². The van der Waals surface area contributed by atoms with E-state index in [-0.39, 0.29) is 12.2 Å². The van der Waals surface area contributed by atoms with Crippen LogP contribution in [0.3, 0.4) is 0 Å². The molecular formula is C22H24O7. The molecule has 0 radical (unpaired) electrons. The van der Waals surface area contributed by atoms with E-state index in [0.717, 1.165) is 37.1 Å². The maximum atomic E-state index is 10.5. The van der Waals surface area contributed by atoms with Gasteiger partial charge in [0.1, 0.15) is 43.7 Å². The monoisotopic (exact) mass is 400 g/mol. The second kappa shape index (κ2) is 10.0. The lowest BCUT2D eigenvalue weighted by Gasteiger charge is -2.09. The molecule has 2 aromatic rings. The number of aryl methyl sites for hydroxylation is 1. The predicted molar refractivity (Wildman–Crippen MR) is 105 cm³/mol. The molecule has 29 heavy (non-hydrogen) atoms. The Morgan fingerprint density at radius 2 is 1.38 bits per heavy atom. The van der Waals surface area contributed by atoms with Crippen LogP contribution in [0.2, 0.25) is 0 Å². The normalized spacial score (nSPS) is 18.7. The van der Waals surface area contributed by atoms with Crippen LogP contribution in [-0.2, 0) is 9.47 Å². The average Bonchev–Trinajstić information content (AvgIpc) is 3.66. The summed E-state index contributed by atoms with van der Waals surface area (Å²) in [7, 11) is 1.55. The van der Waals surface area contributed by atoms with E-state index in [4.69, 9.17) is 23.7 Å². The molecule has 2 atom stereocenters. The van der Waals surface area contributed by atoms with Gasteiger partial charge in [-0.25, -0.2) is 0 Å². The van der Waals surface area contributed by atoms with Crippen LogP contribution in [-0.4, -0.2) is 58.3 Å². The van der Waals surface area contributed by atoms with Gasteiger partial charge in [-0.2, -0.15) is 0 Å². The highest BCUT2D eigenvalue weighted by molar-refractivity contribution is 5.76. The maximum absolute atomic E-state index is 10.5. The first-order valence-electron chi connectivity index (χ1n) is 9.30. The van der Waals surface area contributed by atoms with Gasteiger partial charge in [0.2, 0.25) is 0 Å². The number of hydrogen-bond donors (Lipinski definition) is 0. The van der Waals surface area contributed by atoms with Crippen molar-refractivity contribution in [3.05, 3.63) is 53.1 Å². The summed E-state index contributed by atoms with van der Waals surface area (Å²) in [6.45, 7) is 4.61. The van der Waals surface area contributed by atoms with Gasteiger partial charge in [0, 0.05) is 11.1 Å². The first kappa shape index (κ1) is 20.8. The molecule has 0 bridgehead atoms. The Bertz CT molecular complexity index is 841. The lowest BCUT2D eigenvalue weighted by atomic mass is 10.1. The van der Waals surface area contributed by atoms with Crippen molar-refractivity contribution in [2.45, 2.75) is 19.1 Å². The number of methoxy groups -OCH3 is 1. The molecule has 0 N–H and O–H groups in total. The van der Waals surface area contributed by atoms with Crippen molar-refractivity contribution in [3.8, 4) is 17.2 Å². The summed E-state index contributed by atoms with van der Waals surface area (Å²) in [5, 5.41) is 0. The molecule has 2 fully saturated rings. The summed E-state index contributed by atoms with van der Waals surface area (Å²) in [6.07, 6.45) is 2.08. The molecule has 0 aromatic heterocycles. The van der Waals surface area contributed by atoms with Crippen molar-refractivity contribution in [3.63, 3.8) is 0 Å². The number of hydrogen-bond acceptors (Lipinski definition) is 7. The minimum absolute atomic E-state index is 0.209. The van der Waals surface area contributed by atoms with Crippen molar-refractivity contribution in [1.82, 2.24) is 0 Å². The third-order valence-corrected chi connectivity index (χ3v) is 4.31. The number of epoxide rings is 2. The van der Waals surface area contributed by atoms with Crippen LogP contribution in [0.25, 0.3) is 0 Å². The second-order valence-corrected chi connectivity index (χ2v) is 6.70. The smallest absolute Gasteiger partial charge is 0.161 e. The zero-order chi connectivity index (χ0) is 20.6. The van der Waals surface area contributed by atoms with E-state index in [1.54, 1.807) is 31.4 Å². The molecule has 2 aliphatic heterocycles. The molecule has 154 valence electrons. The van der Waals surface area contributed by atoms with Gasteiger partial charge >= 0.3 is 0 Å². The Kier molecular flexibility index (Phi) is 7.21. The molecule has 4 rings (SSSR count). The highest BCUT2D eigenvalue weighted by Gasteiger charge is 2.24. The fourth-order valence-corrected chi connectivity index (χ4v) is 2.48. The molecular weight excluding hydrogens is 376 g/mol. The quantitative estimate of drug-likeness (QED) is 0.472. The summed E-state index contributed by atoms with van der Waals surface area (Å²) in [6, 6.07) is 10.5. The highest BCUT2D eigenvalue weighted by atomic mass is 16.6. The molecule has 2 unspecified atom stereocenters. The molecule has 2 saturated heterocycles. The van der Waals surface area contributed by atoms with E-state index in [1.165, 1.54) is 0 Å². The van der Waals surface area contributed by atoms with E-state index in [1.807, 2.05) is 19.1 Å². The Morgan fingerprint density at radius 1 is 0.862 bits per heavy atom. The van der Waals surface area contributed by atoms with Gasteiger partial charge in [0.25, 0.3) is 0 Å². The first-order valence-corrected chi connectivity index (χ1v) is 9.30. The molecule has 0 aliphatic carbocycles. The summed E-state index contributed by atoms with van der Waals surface area (Å²) < 4.78 is 26.2. The number of carbonyl (C=O) groups is 2. The predicted octanol–water partition coefficient (Wildman–Crippen LogP) is 2.87. The molecule has 0 amide bonds. The van der Waals surface area contributed by atoms with Gasteiger partial charge in [-0.15, -0.1) is 0 Å². The Labute approximate surface area is 169 Å². The lowest BCUT2D eigenvalue weighted by Crippen LogP contribution is -2.05. The van der Waals surface area contributed by atoms with E-state index < -0.39 is 0 Å². The minimum atomic E-state index is 0.209. The summed E-state index contributed by atoms with van der Waals surface area (Å²) in [5.74, 6) is 2.03. The van der Waals surface area contributed by atoms with Crippen molar-refractivity contribution in [1.29, 1.82) is 0 Å². The molecule has 2 aliphatic rings. The molecule has 7 heteroatoms. The Hall–Kier alpha value is -2.90. The van der Waals surface area contributed by atoms with E-state index in [9.17, 15) is 9.59 Å². The number of benzene rings is 2. The van der Waals surface area contributed by atoms with E-state index >= 15 is 0 Å². The average molecular weight is 400 g/mol. The fourth-order valence-electron chi connectivity index (χ4n) is 2.48. The second-order valence-electron chi connectivity index (χ2n) is 6.70. The number of rotatable bonds is 9. The zero-order valence-corrected chi connectivity index (χ0v) is 16.5. The molecule has 7 nitrogen and oxygen atoms in total. The molecule has 0 saturated carbocycles. The number of ether oxygens (including phenoxy) is 5. The van der Waals surface area contributed by atoms with Gasteiger partial charge < -0.3 is 23.7 Å². The van der Waals surface area contributed by atoms with Crippen LogP contribution >= 0.6 is 0 Å². The Morgan fingerprint density at radius 3 is 1.86 bits per heavy atom. The first-order chi connectivity index (χ1) is 14.1.